The molecule has 3 rings (SSSR count). The van der Waals surface area contributed by atoms with E-state index in [1.807, 2.05) is 12.1 Å². The average molecular weight is 336 g/mol. The summed E-state index contributed by atoms with van der Waals surface area (Å²) >= 11 is 5.24. The first-order valence-electron chi connectivity index (χ1n) is 6.15. The molecule has 0 spiro atoms. The third-order valence-corrected chi connectivity index (χ3v) is 4.70. The molecular formula is C14H14BrN3S. The summed E-state index contributed by atoms with van der Waals surface area (Å²) in [7, 11) is 0. The molecule has 0 radical (unpaired) electrons. The molecule has 0 aliphatic rings. The highest BCUT2D eigenvalue weighted by molar-refractivity contribution is 9.10. The molecule has 1 aromatic carbocycles. The third kappa shape index (κ3) is 2.28. The van der Waals surface area contributed by atoms with E-state index in [1.54, 1.807) is 11.3 Å². The lowest BCUT2D eigenvalue weighted by atomic mass is 10.2. The molecule has 0 atom stereocenters. The topological polar surface area (TPSA) is 43.8 Å². The SMILES string of the molecule is CCc1ccsc1Cn1c(N)nc2cc(Br)ccc21. The maximum Gasteiger partial charge on any atom is 0.201 e. The largest absolute Gasteiger partial charge is 0.369 e. The van der Waals surface area contributed by atoms with Gasteiger partial charge >= 0.3 is 0 Å². The standard InChI is InChI=1S/C14H14BrN3S/c1-2-9-5-6-19-13(9)8-18-12-4-3-10(15)7-11(12)17-14(18)16/h3-7H,2,8H2,1H3,(H2,16,17). The van der Waals surface area contributed by atoms with Gasteiger partial charge in [-0.3, -0.25) is 0 Å². The van der Waals surface area contributed by atoms with Crippen molar-refractivity contribution in [2.24, 2.45) is 0 Å². The molecule has 0 saturated heterocycles. The van der Waals surface area contributed by atoms with Crippen molar-refractivity contribution in [1.29, 1.82) is 0 Å². The number of halogens is 1. The van der Waals surface area contributed by atoms with Crippen molar-refractivity contribution in [3.8, 4) is 0 Å². The van der Waals surface area contributed by atoms with Gasteiger partial charge in [-0.2, -0.15) is 0 Å². The van der Waals surface area contributed by atoms with E-state index in [9.17, 15) is 0 Å². The number of hydrogen-bond donors (Lipinski definition) is 1. The van der Waals surface area contributed by atoms with Crippen LogP contribution < -0.4 is 5.73 Å². The Morgan fingerprint density at radius 2 is 2.21 bits per heavy atom. The molecule has 5 heteroatoms. The van der Waals surface area contributed by atoms with E-state index >= 15 is 0 Å². The number of anilines is 1. The van der Waals surface area contributed by atoms with Crippen molar-refractivity contribution in [2.75, 3.05) is 5.73 Å². The van der Waals surface area contributed by atoms with E-state index in [4.69, 9.17) is 5.73 Å². The van der Waals surface area contributed by atoms with Crippen molar-refractivity contribution in [3.63, 3.8) is 0 Å². The minimum absolute atomic E-state index is 0.573. The summed E-state index contributed by atoms with van der Waals surface area (Å²) < 4.78 is 3.10. The molecule has 0 fully saturated rings. The van der Waals surface area contributed by atoms with Gasteiger partial charge in [0.2, 0.25) is 5.95 Å². The van der Waals surface area contributed by atoms with Gasteiger partial charge in [0, 0.05) is 9.35 Å². The molecule has 2 aromatic heterocycles. The van der Waals surface area contributed by atoms with Crippen molar-refractivity contribution in [3.05, 3.63) is 44.6 Å². The summed E-state index contributed by atoms with van der Waals surface area (Å²) in [4.78, 5) is 5.78. The van der Waals surface area contributed by atoms with Crippen LogP contribution in [0, 0.1) is 0 Å². The monoisotopic (exact) mass is 335 g/mol. The lowest BCUT2D eigenvalue weighted by molar-refractivity contribution is 0.841. The number of nitrogens with two attached hydrogens (primary N) is 1. The van der Waals surface area contributed by atoms with Crippen LogP contribution in [0.15, 0.2) is 34.1 Å². The Kier molecular flexibility index (Phi) is 3.33. The number of benzene rings is 1. The van der Waals surface area contributed by atoms with Gasteiger partial charge in [0.15, 0.2) is 0 Å². The predicted molar refractivity (Wildman–Crippen MR) is 84.6 cm³/mol. The second-order valence-corrected chi connectivity index (χ2v) is 6.33. The van der Waals surface area contributed by atoms with Gasteiger partial charge in [0.05, 0.1) is 17.6 Å². The second kappa shape index (κ2) is 4.98. The number of rotatable bonds is 3. The van der Waals surface area contributed by atoms with Crippen molar-refractivity contribution < 1.29 is 0 Å². The molecule has 19 heavy (non-hydrogen) atoms. The average Bonchev–Trinajstić information content (AvgIpc) is 2.95. The highest BCUT2D eigenvalue weighted by Gasteiger charge is 2.11. The van der Waals surface area contributed by atoms with Gasteiger partial charge in [-0.25, -0.2) is 4.98 Å². The number of aryl methyl sites for hydroxylation is 1. The number of aromatic nitrogens is 2. The Labute approximate surface area is 124 Å². The first-order chi connectivity index (χ1) is 9.19. The van der Waals surface area contributed by atoms with Crippen LogP contribution in [0.25, 0.3) is 11.0 Å². The number of hydrogen-bond acceptors (Lipinski definition) is 3. The van der Waals surface area contributed by atoms with Crippen LogP contribution >= 0.6 is 27.3 Å². The summed E-state index contributed by atoms with van der Waals surface area (Å²) in [6.07, 6.45) is 1.05. The molecule has 2 heterocycles. The molecule has 0 aliphatic carbocycles. The van der Waals surface area contributed by atoms with E-state index in [1.165, 1.54) is 10.4 Å². The van der Waals surface area contributed by atoms with Crippen molar-refractivity contribution in [2.45, 2.75) is 19.9 Å². The fourth-order valence-corrected chi connectivity index (χ4v) is 3.57. The number of fused-ring (bicyclic) bond motifs is 1. The second-order valence-electron chi connectivity index (χ2n) is 4.41. The number of nitrogens with zero attached hydrogens (tertiary/aromatic N) is 2. The zero-order chi connectivity index (χ0) is 13.4. The van der Waals surface area contributed by atoms with Crippen LogP contribution in [0.1, 0.15) is 17.4 Å². The maximum absolute atomic E-state index is 6.05. The quantitative estimate of drug-likeness (QED) is 0.784. The fraction of sp³-hybridized carbons (Fsp3) is 0.214. The zero-order valence-corrected chi connectivity index (χ0v) is 13.0. The first-order valence-corrected chi connectivity index (χ1v) is 7.83. The number of imidazole rings is 1. The summed E-state index contributed by atoms with van der Waals surface area (Å²) in [5.41, 5.74) is 9.46. The summed E-state index contributed by atoms with van der Waals surface area (Å²) in [5, 5.41) is 2.14. The summed E-state index contributed by atoms with van der Waals surface area (Å²) in [5.74, 6) is 0.573. The normalized spacial score (nSPS) is 11.3. The molecule has 0 unspecified atom stereocenters. The van der Waals surface area contributed by atoms with Gasteiger partial charge in [-0.1, -0.05) is 22.9 Å². The number of nitrogen functional groups attached to an aromatic ring is 1. The van der Waals surface area contributed by atoms with Gasteiger partial charge in [-0.15, -0.1) is 11.3 Å². The van der Waals surface area contributed by atoms with Crippen LogP contribution in [0.5, 0.6) is 0 Å². The Hall–Kier alpha value is -1.33. The molecule has 3 aromatic rings. The van der Waals surface area contributed by atoms with Crippen LogP contribution in [0.2, 0.25) is 0 Å². The smallest absolute Gasteiger partial charge is 0.201 e. The van der Waals surface area contributed by atoms with Gasteiger partial charge < -0.3 is 10.3 Å². The molecule has 0 amide bonds. The highest BCUT2D eigenvalue weighted by atomic mass is 79.9. The first kappa shape index (κ1) is 12.7. The van der Waals surface area contributed by atoms with Crippen molar-refractivity contribution >= 4 is 44.2 Å². The molecule has 0 saturated carbocycles. The van der Waals surface area contributed by atoms with E-state index in [2.05, 4.69) is 49.9 Å². The van der Waals surface area contributed by atoms with Crippen LogP contribution in [-0.4, -0.2) is 9.55 Å². The highest BCUT2D eigenvalue weighted by Crippen LogP contribution is 2.25. The minimum Gasteiger partial charge on any atom is -0.369 e. The van der Waals surface area contributed by atoms with Gasteiger partial charge in [0.1, 0.15) is 0 Å². The molecule has 3 nitrogen and oxygen atoms in total. The predicted octanol–water partition coefficient (Wildman–Crippen LogP) is 4.05. The van der Waals surface area contributed by atoms with E-state index in [0.29, 0.717) is 5.95 Å². The molecule has 0 aliphatic heterocycles. The minimum atomic E-state index is 0.573. The Balaban J connectivity index is 2.08. The molecular weight excluding hydrogens is 322 g/mol. The molecule has 98 valence electrons. The lowest BCUT2D eigenvalue weighted by Crippen LogP contribution is -2.04. The summed E-state index contributed by atoms with van der Waals surface area (Å²) in [6.45, 7) is 2.98. The van der Waals surface area contributed by atoms with E-state index < -0.39 is 0 Å². The van der Waals surface area contributed by atoms with Crippen molar-refractivity contribution in [1.82, 2.24) is 9.55 Å². The van der Waals surface area contributed by atoms with Crippen LogP contribution in [0.4, 0.5) is 5.95 Å². The summed E-state index contributed by atoms with van der Waals surface area (Å²) in [6, 6.07) is 8.26. The van der Waals surface area contributed by atoms with Crippen LogP contribution in [-0.2, 0) is 13.0 Å². The number of thiophene rings is 1. The zero-order valence-electron chi connectivity index (χ0n) is 10.6. The third-order valence-electron chi connectivity index (χ3n) is 3.26. The fourth-order valence-electron chi connectivity index (χ4n) is 2.25. The molecule has 2 N–H and O–H groups in total. The van der Waals surface area contributed by atoms with E-state index in [-0.39, 0.29) is 0 Å². The maximum atomic E-state index is 6.05. The Morgan fingerprint density at radius 1 is 1.37 bits per heavy atom. The van der Waals surface area contributed by atoms with Gasteiger partial charge in [-0.05, 0) is 41.6 Å². The Bertz CT molecular complexity index is 729. The van der Waals surface area contributed by atoms with Gasteiger partial charge in [0.25, 0.3) is 0 Å². The lowest BCUT2D eigenvalue weighted by Gasteiger charge is -2.06. The van der Waals surface area contributed by atoms with Crippen LogP contribution in [0.3, 0.4) is 0 Å². The molecule has 0 bridgehead atoms. The Morgan fingerprint density at radius 3 is 3.00 bits per heavy atom. The van der Waals surface area contributed by atoms with E-state index in [0.717, 1.165) is 28.5 Å².